The summed E-state index contributed by atoms with van der Waals surface area (Å²) in [5, 5.41) is 9.35. The number of benzene rings is 1. The van der Waals surface area contributed by atoms with Gasteiger partial charge in [-0.25, -0.2) is 0 Å². The van der Waals surface area contributed by atoms with Gasteiger partial charge < -0.3 is 4.90 Å². The molecule has 1 aliphatic heterocycles. The Morgan fingerprint density at radius 2 is 2.33 bits per heavy atom. The highest BCUT2D eigenvalue weighted by atomic mass is 35.5. The standard InChI is InChI=1S/C11H9ClN2O/c12-9-2-1-3-10(5-9)14-7-8(6-13)4-11(14)15/h1-3,5,8H,4,7H2. The molecule has 76 valence electrons. The Labute approximate surface area is 92.9 Å². The van der Waals surface area contributed by atoms with E-state index in [0.29, 0.717) is 18.0 Å². The van der Waals surface area contributed by atoms with Gasteiger partial charge in [-0.15, -0.1) is 0 Å². The highest BCUT2D eigenvalue weighted by Gasteiger charge is 2.30. The molecule has 1 aromatic carbocycles. The summed E-state index contributed by atoms with van der Waals surface area (Å²) >= 11 is 5.84. The molecule has 1 heterocycles. The maximum Gasteiger partial charge on any atom is 0.228 e. The molecule has 0 spiro atoms. The second-order valence-corrected chi connectivity index (χ2v) is 3.95. The molecule has 1 aromatic rings. The molecule has 4 heteroatoms. The largest absolute Gasteiger partial charge is 0.311 e. The lowest BCUT2D eigenvalue weighted by atomic mass is 10.1. The molecule has 1 fully saturated rings. The van der Waals surface area contributed by atoms with Gasteiger partial charge in [-0.1, -0.05) is 17.7 Å². The second kappa shape index (κ2) is 3.92. The van der Waals surface area contributed by atoms with Crippen molar-refractivity contribution in [2.45, 2.75) is 6.42 Å². The van der Waals surface area contributed by atoms with E-state index in [4.69, 9.17) is 16.9 Å². The number of rotatable bonds is 1. The van der Waals surface area contributed by atoms with Crippen molar-refractivity contribution in [3.05, 3.63) is 29.3 Å². The Bertz CT molecular complexity index is 438. The molecule has 15 heavy (non-hydrogen) atoms. The SMILES string of the molecule is N#CC1CC(=O)N(c2cccc(Cl)c2)C1. The van der Waals surface area contributed by atoms with Crippen LogP contribution in [0.5, 0.6) is 0 Å². The molecule has 0 bridgehead atoms. The van der Waals surface area contributed by atoms with Crippen LogP contribution in [0.4, 0.5) is 5.69 Å². The summed E-state index contributed by atoms with van der Waals surface area (Å²) < 4.78 is 0. The lowest BCUT2D eigenvalue weighted by molar-refractivity contribution is -0.117. The number of amides is 1. The minimum Gasteiger partial charge on any atom is -0.311 e. The van der Waals surface area contributed by atoms with Crippen molar-refractivity contribution in [3.63, 3.8) is 0 Å². The van der Waals surface area contributed by atoms with E-state index in [9.17, 15) is 4.79 Å². The van der Waals surface area contributed by atoms with Crippen molar-refractivity contribution in [1.29, 1.82) is 5.26 Å². The van der Waals surface area contributed by atoms with Crippen LogP contribution < -0.4 is 4.90 Å². The van der Waals surface area contributed by atoms with Crippen molar-refractivity contribution >= 4 is 23.2 Å². The topological polar surface area (TPSA) is 44.1 Å². The van der Waals surface area contributed by atoms with Crippen LogP contribution in [0.15, 0.2) is 24.3 Å². The van der Waals surface area contributed by atoms with E-state index in [1.807, 2.05) is 6.07 Å². The summed E-state index contributed by atoms with van der Waals surface area (Å²) in [5.74, 6) is -0.208. The number of halogens is 1. The van der Waals surface area contributed by atoms with Crippen molar-refractivity contribution in [2.75, 3.05) is 11.4 Å². The fourth-order valence-corrected chi connectivity index (χ4v) is 1.87. The minimum absolute atomic E-state index is 0.0104. The molecule has 0 aromatic heterocycles. The van der Waals surface area contributed by atoms with E-state index in [-0.39, 0.29) is 11.8 Å². The maximum atomic E-state index is 11.6. The van der Waals surface area contributed by atoms with Crippen LogP contribution in [0, 0.1) is 17.2 Å². The second-order valence-electron chi connectivity index (χ2n) is 3.51. The van der Waals surface area contributed by atoms with E-state index in [2.05, 4.69) is 6.07 Å². The predicted molar refractivity (Wildman–Crippen MR) is 57.5 cm³/mol. The van der Waals surface area contributed by atoms with Crippen LogP contribution in [0.2, 0.25) is 5.02 Å². The molecule has 1 atom stereocenters. The lowest BCUT2D eigenvalue weighted by Crippen LogP contribution is -2.24. The third-order valence-electron chi connectivity index (χ3n) is 2.43. The Morgan fingerprint density at radius 3 is 2.93 bits per heavy atom. The number of carbonyl (C=O) groups is 1. The quantitative estimate of drug-likeness (QED) is 0.729. The average molecular weight is 221 g/mol. The highest BCUT2D eigenvalue weighted by molar-refractivity contribution is 6.30. The third-order valence-corrected chi connectivity index (χ3v) is 2.66. The smallest absolute Gasteiger partial charge is 0.228 e. The van der Waals surface area contributed by atoms with Crippen LogP contribution >= 0.6 is 11.6 Å². The average Bonchev–Trinajstić information content (AvgIpc) is 2.60. The third kappa shape index (κ3) is 1.95. The Morgan fingerprint density at radius 1 is 1.53 bits per heavy atom. The molecule has 2 rings (SSSR count). The van der Waals surface area contributed by atoms with Gasteiger partial charge in [0, 0.05) is 23.7 Å². The predicted octanol–water partition coefficient (Wildman–Crippen LogP) is 2.22. The zero-order chi connectivity index (χ0) is 10.8. The number of nitrogens with zero attached hydrogens (tertiary/aromatic N) is 2. The Balaban J connectivity index is 2.26. The van der Waals surface area contributed by atoms with Crippen LogP contribution in [-0.2, 0) is 4.79 Å². The molecule has 3 nitrogen and oxygen atoms in total. The number of carbonyl (C=O) groups excluding carboxylic acids is 1. The first-order chi connectivity index (χ1) is 7.20. The zero-order valence-corrected chi connectivity index (χ0v) is 8.74. The first-order valence-electron chi connectivity index (χ1n) is 4.66. The summed E-state index contributed by atoms with van der Waals surface area (Å²) in [6.07, 6.45) is 0.309. The molecule has 0 saturated carbocycles. The van der Waals surface area contributed by atoms with Crippen LogP contribution in [0.3, 0.4) is 0 Å². The van der Waals surface area contributed by atoms with Crippen molar-refractivity contribution in [1.82, 2.24) is 0 Å². The molecular formula is C11H9ClN2O. The maximum absolute atomic E-state index is 11.6. The summed E-state index contributed by atoms with van der Waals surface area (Å²) in [4.78, 5) is 13.2. The van der Waals surface area contributed by atoms with Crippen LogP contribution in [-0.4, -0.2) is 12.5 Å². The van der Waals surface area contributed by atoms with Gasteiger partial charge in [0.25, 0.3) is 0 Å². The number of anilines is 1. The molecular weight excluding hydrogens is 212 g/mol. The van der Waals surface area contributed by atoms with E-state index >= 15 is 0 Å². The zero-order valence-electron chi connectivity index (χ0n) is 7.98. The fourth-order valence-electron chi connectivity index (χ4n) is 1.69. The van der Waals surface area contributed by atoms with Gasteiger partial charge in [0.05, 0.1) is 12.0 Å². The van der Waals surface area contributed by atoms with Gasteiger partial charge in [0.1, 0.15) is 0 Å². The van der Waals surface area contributed by atoms with Crippen LogP contribution in [0.1, 0.15) is 6.42 Å². The number of hydrogen-bond acceptors (Lipinski definition) is 2. The highest BCUT2D eigenvalue weighted by Crippen LogP contribution is 2.26. The van der Waals surface area contributed by atoms with Crippen molar-refractivity contribution in [3.8, 4) is 6.07 Å². The first kappa shape index (κ1) is 10.0. The monoisotopic (exact) mass is 220 g/mol. The van der Waals surface area contributed by atoms with Gasteiger partial charge in [-0.05, 0) is 18.2 Å². The van der Waals surface area contributed by atoms with Crippen molar-refractivity contribution in [2.24, 2.45) is 5.92 Å². The molecule has 0 N–H and O–H groups in total. The summed E-state index contributed by atoms with van der Waals surface area (Å²) in [6.45, 7) is 0.468. The first-order valence-corrected chi connectivity index (χ1v) is 5.04. The van der Waals surface area contributed by atoms with Crippen LogP contribution in [0.25, 0.3) is 0 Å². The summed E-state index contributed by atoms with van der Waals surface area (Å²) in [6, 6.07) is 9.23. The van der Waals surface area contributed by atoms with Gasteiger partial charge in [-0.2, -0.15) is 5.26 Å². The molecule has 1 aliphatic rings. The Hall–Kier alpha value is -1.53. The summed E-state index contributed by atoms with van der Waals surface area (Å²) in [5.41, 5.74) is 0.769. The van der Waals surface area contributed by atoms with Gasteiger partial charge in [-0.3, -0.25) is 4.79 Å². The van der Waals surface area contributed by atoms with E-state index in [1.54, 1.807) is 23.1 Å². The van der Waals surface area contributed by atoms with Gasteiger partial charge >= 0.3 is 0 Å². The Kier molecular flexibility index (Phi) is 2.61. The molecule has 1 saturated heterocycles. The van der Waals surface area contributed by atoms with E-state index in [0.717, 1.165) is 5.69 Å². The molecule has 0 radical (unpaired) electrons. The van der Waals surface area contributed by atoms with E-state index < -0.39 is 0 Å². The molecule has 1 amide bonds. The van der Waals surface area contributed by atoms with Crippen molar-refractivity contribution < 1.29 is 4.79 Å². The number of hydrogen-bond donors (Lipinski definition) is 0. The molecule has 1 unspecified atom stereocenters. The van der Waals surface area contributed by atoms with E-state index in [1.165, 1.54) is 0 Å². The molecule has 0 aliphatic carbocycles. The minimum atomic E-state index is -0.198. The summed E-state index contributed by atoms with van der Waals surface area (Å²) in [7, 11) is 0. The fraction of sp³-hybridized carbons (Fsp3) is 0.273. The van der Waals surface area contributed by atoms with Gasteiger partial charge in [0.2, 0.25) is 5.91 Å². The van der Waals surface area contributed by atoms with Gasteiger partial charge in [0.15, 0.2) is 0 Å². The lowest BCUT2D eigenvalue weighted by Gasteiger charge is -2.15. The number of nitriles is 1. The normalized spacial score (nSPS) is 20.4.